The molecule has 1 N–H and O–H groups in total. The number of carbonyl (C=O) groups is 2. The number of rotatable bonds is 5. The minimum atomic E-state index is -1.16. The van der Waals surface area contributed by atoms with Crippen molar-refractivity contribution < 1.29 is 14.7 Å². The number of hydrogen-bond donors (Lipinski definition) is 1. The molecule has 6 heteroatoms. The predicted molar refractivity (Wildman–Crippen MR) is 121 cm³/mol. The van der Waals surface area contributed by atoms with E-state index in [4.69, 9.17) is 0 Å². The normalized spacial score (nSPS) is 21.1. The number of piperazine rings is 1. The minimum Gasteiger partial charge on any atom is -0.550 e. The second kappa shape index (κ2) is 9.25. The average molecular weight is 419 g/mol. The average Bonchev–Trinajstić information content (AvgIpc) is 2.79. The fourth-order valence-electron chi connectivity index (χ4n) is 4.40. The largest absolute Gasteiger partial charge is 0.550 e. The highest BCUT2D eigenvalue weighted by molar-refractivity contribution is 5.95. The molecule has 2 atom stereocenters. The number of nitrogens with zero attached hydrogens (tertiary/aromatic N) is 2. The number of carboxylic acid groups (broad SMARTS) is 1. The highest BCUT2D eigenvalue weighted by atomic mass is 16.4. The monoisotopic (exact) mass is 418 g/mol. The van der Waals surface area contributed by atoms with E-state index in [1.54, 1.807) is 6.08 Å². The molecule has 31 heavy (non-hydrogen) atoms. The van der Waals surface area contributed by atoms with Crippen LogP contribution >= 0.6 is 0 Å². The van der Waals surface area contributed by atoms with Gasteiger partial charge in [0.05, 0.1) is 5.92 Å². The van der Waals surface area contributed by atoms with Crippen molar-refractivity contribution in [2.45, 2.75) is 19.8 Å². The molecular weight excluding hydrogens is 390 g/mol. The van der Waals surface area contributed by atoms with E-state index in [2.05, 4.69) is 46.3 Å². The molecule has 1 heterocycles. The number of aryl methyl sites for hydroxylation is 1. The molecule has 0 unspecified atom stereocenters. The molecule has 1 aliphatic heterocycles. The summed E-state index contributed by atoms with van der Waals surface area (Å²) in [6, 6.07) is 16.4. The summed E-state index contributed by atoms with van der Waals surface area (Å²) in [7, 11) is 0. The lowest BCUT2D eigenvalue weighted by Gasteiger charge is -2.37. The molecule has 2 aromatic carbocycles. The third kappa shape index (κ3) is 4.90. The smallest absolute Gasteiger partial charge is 0.228 e. The molecule has 0 aromatic heterocycles. The summed E-state index contributed by atoms with van der Waals surface area (Å²) in [4.78, 5) is 28.7. The van der Waals surface area contributed by atoms with Crippen molar-refractivity contribution in [1.29, 1.82) is 0 Å². The Morgan fingerprint density at radius 1 is 0.871 bits per heavy atom. The molecule has 0 radical (unpaired) electrons. The zero-order valence-corrected chi connectivity index (χ0v) is 17.8. The van der Waals surface area contributed by atoms with Gasteiger partial charge in [-0.15, -0.1) is 0 Å². The van der Waals surface area contributed by atoms with E-state index >= 15 is 0 Å². The van der Waals surface area contributed by atoms with Crippen LogP contribution in [-0.4, -0.2) is 38.1 Å². The maximum atomic E-state index is 12.6. The van der Waals surface area contributed by atoms with Gasteiger partial charge >= 0.3 is 0 Å². The van der Waals surface area contributed by atoms with Crippen LogP contribution in [0.4, 0.5) is 17.1 Å². The second-order valence-corrected chi connectivity index (χ2v) is 8.32. The first-order valence-electron chi connectivity index (χ1n) is 10.8. The van der Waals surface area contributed by atoms with E-state index in [9.17, 15) is 14.7 Å². The van der Waals surface area contributed by atoms with Gasteiger partial charge in [0.25, 0.3) is 0 Å². The summed E-state index contributed by atoms with van der Waals surface area (Å²) >= 11 is 0. The molecule has 162 valence electrons. The molecule has 0 bridgehead atoms. The van der Waals surface area contributed by atoms with Gasteiger partial charge in [0.15, 0.2) is 0 Å². The third-order valence-corrected chi connectivity index (χ3v) is 6.22. The maximum absolute atomic E-state index is 12.6. The van der Waals surface area contributed by atoms with Crippen molar-refractivity contribution in [3.63, 3.8) is 0 Å². The maximum Gasteiger partial charge on any atom is 0.228 e. The van der Waals surface area contributed by atoms with Crippen LogP contribution in [0.1, 0.15) is 18.4 Å². The van der Waals surface area contributed by atoms with Crippen LogP contribution in [0.2, 0.25) is 0 Å². The molecule has 1 amide bonds. The van der Waals surface area contributed by atoms with E-state index in [-0.39, 0.29) is 5.91 Å². The first-order valence-corrected chi connectivity index (χ1v) is 10.8. The van der Waals surface area contributed by atoms with Crippen LogP contribution in [-0.2, 0) is 9.59 Å². The number of hydrogen-bond acceptors (Lipinski definition) is 5. The molecule has 2 aromatic rings. The Hall–Kier alpha value is -3.28. The first kappa shape index (κ1) is 21.0. The molecule has 1 saturated heterocycles. The Balaban J connectivity index is 1.34. The number of aliphatic carboxylic acids is 1. The summed E-state index contributed by atoms with van der Waals surface area (Å²) < 4.78 is 0. The Labute approximate surface area is 183 Å². The Kier molecular flexibility index (Phi) is 6.26. The molecule has 1 fully saturated rings. The third-order valence-electron chi connectivity index (χ3n) is 6.22. The molecule has 1 aliphatic carbocycles. The lowest BCUT2D eigenvalue weighted by molar-refractivity contribution is -0.313. The van der Waals surface area contributed by atoms with Crippen molar-refractivity contribution in [2.75, 3.05) is 41.3 Å². The Morgan fingerprint density at radius 3 is 2.10 bits per heavy atom. The minimum absolute atomic E-state index is 0.266. The fraction of sp³-hybridized carbons (Fsp3) is 0.360. The number of allylic oxidation sites excluding steroid dienone is 2. The van der Waals surface area contributed by atoms with Crippen molar-refractivity contribution in [3.05, 3.63) is 66.2 Å². The number of nitrogens with one attached hydrogen (secondary N) is 1. The Morgan fingerprint density at radius 2 is 1.48 bits per heavy atom. The van der Waals surface area contributed by atoms with Crippen LogP contribution in [0.15, 0.2) is 60.7 Å². The topological polar surface area (TPSA) is 75.7 Å². The zero-order valence-electron chi connectivity index (χ0n) is 17.8. The van der Waals surface area contributed by atoms with Crippen LogP contribution in [0, 0.1) is 18.8 Å². The zero-order chi connectivity index (χ0) is 21.8. The van der Waals surface area contributed by atoms with Gasteiger partial charge in [-0.1, -0.05) is 24.3 Å². The molecular formula is C25H28N3O3-. The van der Waals surface area contributed by atoms with Gasteiger partial charge in [-0.3, -0.25) is 4.79 Å². The van der Waals surface area contributed by atoms with Crippen LogP contribution < -0.4 is 20.2 Å². The number of anilines is 3. The second-order valence-electron chi connectivity index (χ2n) is 8.32. The van der Waals surface area contributed by atoms with E-state index in [0.29, 0.717) is 18.5 Å². The van der Waals surface area contributed by atoms with Crippen LogP contribution in [0.5, 0.6) is 0 Å². The van der Waals surface area contributed by atoms with Gasteiger partial charge in [-0.05, 0) is 61.7 Å². The molecule has 4 rings (SSSR count). The molecule has 0 saturated carbocycles. The Bertz CT molecular complexity index is 962. The number of benzene rings is 2. The van der Waals surface area contributed by atoms with Gasteiger partial charge in [0.2, 0.25) is 5.91 Å². The van der Waals surface area contributed by atoms with Crippen molar-refractivity contribution >= 4 is 28.9 Å². The summed E-state index contributed by atoms with van der Waals surface area (Å²) in [5, 5.41) is 14.2. The van der Waals surface area contributed by atoms with Crippen molar-refractivity contribution in [1.82, 2.24) is 0 Å². The predicted octanol–water partition coefficient (Wildman–Crippen LogP) is 2.59. The fourth-order valence-corrected chi connectivity index (χ4v) is 4.40. The quantitative estimate of drug-likeness (QED) is 0.756. The lowest BCUT2D eigenvalue weighted by Crippen LogP contribution is -2.46. The van der Waals surface area contributed by atoms with Crippen molar-refractivity contribution in [2.24, 2.45) is 11.8 Å². The van der Waals surface area contributed by atoms with E-state index in [1.165, 1.54) is 11.3 Å². The first-order chi connectivity index (χ1) is 15.0. The van der Waals surface area contributed by atoms with Gasteiger partial charge in [0.1, 0.15) is 0 Å². The van der Waals surface area contributed by atoms with Gasteiger partial charge in [-0.2, -0.15) is 0 Å². The molecule has 6 nitrogen and oxygen atoms in total. The highest BCUT2D eigenvalue weighted by Crippen LogP contribution is 2.27. The molecule has 0 spiro atoms. The molecule has 2 aliphatic rings. The van der Waals surface area contributed by atoms with Gasteiger partial charge in [0, 0.05) is 55.1 Å². The number of carboxylic acids is 1. The van der Waals surface area contributed by atoms with Gasteiger partial charge < -0.3 is 25.0 Å². The van der Waals surface area contributed by atoms with E-state index in [0.717, 1.165) is 31.9 Å². The standard InChI is InChI=1S/C25H29N3O3/c1-18-5-4-6-21(17-18)28-15-13-27(14-16-28)20-11-9-19(10-12-20)26-24(29)22-7-2-3-8-23(22)25(30)31/h2-6,9-12,17,22-23H,7-8,13-16H2,1H3,(H,26,29)(H,30,31)/p-1/t22-,23-/m1/s1. The van der Waals surface area contributed by atoms with E-state index < -0.39 is 17.8 Å². The summed E-state index contributed by atoms with van der Waals surface area (Å²) in [6.07, 6.45) is 4.43. The van der Waals surface area contributed by atoms with Crippen molar-refractivity contribution in [3.8, 4) is 0 Å². The summed E-state index contributed by atoms with van der Waals surface area (Å²) in [5.74, 6) is -2.79. The lowest BCUT2D eigenvalue weighted by atomic mass is 9.82. The van der Waals surface area contributed by atoms with E-state index in [1.807, 2.05) is 30.3 Å². The van der Waals surface area contributed by atoms with Gasteiger partial charge in [-0.25, -0.2) is 0 Å². The summed E-state index contributed by atoms with van der Waals surface area (Å²) in [5.41, 5.74) is 4.34. The number of carbonyl (C=O) groups excluding carboxylic acids is 2. The highest BCUT2D eigenvalue weighted by Gasteiger charge is 2.29. The van der Waals surface area contributed by atoms with Crippen LogP contribution in [0.25, 0.3) is 0 Å². The summed E-state index contributed by atoms with van der Waals surface area (Å²) in [6.45, 7) is 5.90. The van der Waals surface area contributed by atoms with Crippen LogP contribution in [0.3, 0.4) is 0 Å². The SMILES string of the molecule is Cc1cccc(N2CCN(c3ccc(NC(=O)[C@@H]4CC=CC[C@H]4C(=O)[O-])cc3)CC2)c1. The number of amides is 1.